The summed E-state index contributed by atoms with van der Waals surface area (Å²) < 4.78 is 0. The highest BCUT2D eigenvalue weighted by Gasteiger charge is 2.07. The van der Waals surface area contributed by atoms with E-state index in [4.69, 9.17) is 0 Å². The Morgan fingerprint density at radius 3 is 2.38 bits per heavy atom. The van der Waals surface area contributed by atoms with Crippen LogP contribution >= 0.6 is 0 Å². The lowest BCUT2D eigenvalue weighted by molar-refractivity contribution is 0.481. The topological polar surface area (TPSA) is 0 Å². The Bertz CT molecular complexity index is 220. The zero-order chi connectivity index (χ0) is 10.3. The maximum absolute atomic E-state index is 3.21. The maximum atomic E-state index is 3.21. The van der Waals surface area contributed by atoms with Crippen molar-refractivity contribution in [3.8, 4) is 0 Å². The van der Waals surface area contributed by atoms with E-state index in [9.17, 15) is 0 Å². The fourth-order valence-electron chi connectivity index (χ4n) is 0.995. The Morgan fingerprint density at radius 1 is 1.31 bits per heavy atom. The lowest BCUT2D eigenvalue weighted by Crippen LogP contribution is -2.03. The van der Waals surface area contributed by atoms with Crippen molar-refractivity contribution in [1.82, 2.24) is 0 Å². The van der Waals surface area contributed by atoms with Crippen molar-refractivity contribution in [3.05, 3.63) is 23.1 Å². The van der Waals surface area contributed by atoms with Crippen molar-refractivity contribution in [1.29, 1.82) is 0 Å². The molecule has 0 radical (unpaired) electrons. The molecule has 13 heavy (non-hydrogen) atoms. The van der Waals surface area contributed by atoms with Gasteiger partial charge in [-0.05, 0) is 36.8 Å². The smallest absolute Gasteiger partial charge is 0.0129 e. The molecule has 1 unspecified atom stereocenters. The molecule has 0 aromatic carbocycles. The quantitative estimate of drug-likeness (QED) is 0.562. The highest BCUT2D eigenvalue weighted by Crippen LogP contribution is 2.17. The third-order valence-corrected chi connectivity index (χ3v) is 2.49. The summed E-state index contributed by atoms with van der Waals surface area (Å²) in [5.41, 5.74) is 7.63. The molecule has 74 valence electrons. The molecule has 0 aliphatic carbocycles. The summed E-state index contributed by atoms with van der Waals surface area (Å²) in [6.45, 7) is 11.0. The molecular formula is C13H22. The monoisotopic (exact) mass is 178 g/mol. The fourth-order valence-corrected chi connectivity index (χ4v) is 0.995. The largest absolute Gasteiger partial charge is 0.0747 e. The van der Waals surface area contributed by atoms with Crippen LogP contribution in [0.25, 0.3) is 0 Å². The standard InChI is InChI=1S/C13H22/c1-6-7-8-9-10-12(4)13(5)11(2)3/h8,11,13H,6-7H2,1-5H3. The third-order valence-electron chi connectivity index (χ3n) is 2.49. The summed E-state index contributed by atoms with van der Waals surface area (Å²) >= 11 is 0. The second kappa shape index (κ2) is 6.78. The first-order valence-electron chi connectivity index (χ1n) is 5.26. The fraction of sp³-hybridized carbons (Fsp3) is 0.692. The lowest BCUT2D eigenvalue weighted by Gasteiger charge is -2.13. The first-order chi connectivity index (χ1) is 6.09. The second-order valence-electron chi connectivity index (χ2n) is 3.98. The van der Waals surface area contributed by atoms with Gasteiger partial charge in [-0.1, -0.05) is 45.6 Å². The Kier molecular flexibility index (Phi) is 6.41. The third kappa shape index (κ3) is 5.53. The van der Waals surface area contributed by atoms with Gasteiger partial charge in [0.15, 0.2) is 0 Å². The Balaban J connectivity index is 4.38. The molecule has 0 heterocycles. The minimum absolute atomic E-state index is 0.613. The minimum atomic E-state index is 0.613. The van der Waals surface area contributed by atoms with Gasteiger partial charge in [0.2, 0.25) is 0 Å². The molecule has 0 aliphatic rings. The molecular weight excluding hydrogens is 156 g/mol. The molecule has 0 N–H and O–H groups in total. The molecule has 0 saturated heterocycles. The number of unbranched alkanes of at least 4 members (excludes halogenated alkanes) is 1. The van der Waals surface area contributed by atoms with Gasteiger partial charge in [-0.25, -0.2) is 0 Å². The van der Waals surface area contributed by atoms with Crippen molar-refractivity contribution < 1.29 is 0 Å². The molecule has 0 amide bonds. The normalized spacial score (nSPS) is 11.8. The summed E-state index contributed by atoms with van der Waals surface area (Å²) in [6, 6.07) is 0. The lowest BCUT2D eigenvalue weighted by atomic mass is 9.92. The van der Waals surface area contributed by atoms with Gasteiger partial charge in [0.25, 0.3) is 0 Å². The molecule has 0 aromatic heterocycles. The van der Waals surface area contributed by atoms with Crippen molar-refractivity contribution in [2.45, 2.75) is 47.5 Å². The van der Waals surface area contributed by atoms with E-state index in [-0.39, 0.29) is 0 Å². The van der Waals surface area contributed by atoms with Gasteiger partial charge in [0.05, 0.1) is 0 Å². The minimum Gasteiger partial charge on any atom is -0.0747 e. The van der Waals surface area contributed by atoms with Crippen molar-refractivity contribution >= 4 is 0 Å². The van der Waals surface area contributed by atoms with Gasteiger partial charge in [0.1, 0.15) is 0 Å². The number of hydrogen-bond donors (Lipinski definition) is 0. The highest BCUT2D eigenvalue weighted by molar-refractivity contribution is 5.02. The van der Waals surface area contributed by atoms with Gasteiger partial charge in [-0.3, -0.25) is 0 Å². The number of rotatable bonds is 4. The molecule has 0 bridgehead atoms. The van der Waals surface area contributed by atoms with Crippen molar-refractivity contribution in [2.75, 3.05) is 0 Å². The van der Waals surface area contributed by atoms with E-state index in [0.717, 1.165) is 6.42 Å². The van der Waals surface area contributed by atoms with Crippen LogP contribution in [0.3, 0.4) is 0 Å². The molecule has 0 heteroatoms. The molecule has 0 nitrogen and oxygen atoms in total. The van der Waals surface area contributed by atoms with Crippen molar-refractivity contribution in [2.24, 2.45) is 11.8 Å². The van der Waals surface area contributed by atoms with Gasteiger partial charge >= 0.3 is 0 Å². The summed E-state index contributed by atoms with van der Waals surface area (Å²) in [6.07, 6.45) is 4.36. The Labute approximate surface area is 83.0 Å². The molecule has 0 spiro atoms. The zero-order valence-electron chi connectivity index (χ0n) is 9.65. The van der Waals surface area contributed by atoms with Crippen LogP contribution < -0.4 is 0 Å². The first kappa shape index (κ1) is 12.3. The van der Waals surface area contributed by atoms with Gasteiger partial charge in [-0.15, -0.1) is 0 Å². The predicted molar refractivity (Wildman–Crippen MR) is 59.7 cm³/mol. The second-order valence-corrected chi connectivity index (χ2v) is 3.98. The molecule has 0 aromatic rings. The van der Waals surface area contributed by atoms with Crippen LogP contribution in [0.1, 0.15) is 47.5 Å². The van der Waals surface area contributed by atoms with Gasteiger partial charge in [-0.2, -0.15) is 0 Å². The van der Waals surface area contributed by atoms with Crippen molar-refractivity contribution in [3.63, 3.8) is 0 Å². The van der Waals surface area contributed by atoms with E-state index < -0.39 is 0 Å². The van der Waals surface area contributed by atoms with Crippen LogP contribution in [0.5, 0.6) is 0 Å². The molecule has 0 aliphatic heterocycles. The average molecular weight is 178 g/mol. The summed E-state index contributed by atoms with van der Waals surface area (Å²) in [7, 11) is 0. The van der Waals surface area contributed by atoms with E-state index in [1.54, 1.807) is 0 Å². The van der Waals surface area contributed by atoms with Crippen LogP contribution in [0.15, 0.2) is 23.1 Å². The van der Waals surface area contributed by atoms with Crippen LogP contribution in [-0.2, 0) is 0 Å². The van der Waals surface area contributed by atoms with Gasteiger partial charge < -0.3 is 0 Å². The van der Waals surface area contributed by atoms with Crippen LogP contribution in [-0.4, -0.2) is 0 Å². The molecule has 0 rings (SSSR count). The molecule has 0 fully saturated rings. The van der Waals surface area contributed by atoms with Crippen LogP contribution in [0.4, 0.5) is 0 Å². The highest BCUT2D eigenvalue weighted by atomic mass is 14.1. The molecule has 0 saturated carbocycles. The van der Waals surface area contributed by atoms with Crippen LogP contribution in [0.2, 0.25) is 0 Å². The van der Waals surface area contributed by atoms with Gasteiger partial charge in [0, 0.05) is 0 Å². The SMILES string of the molecule is CCCC=C=C=C(C)C(C)C(C)C. The number of allylic oxidation sites excluding steroid dienone is 2. The molecule has 1 atom stereocenters. The predicted octanol–water partition coefficient (Wildman–Crippen LogP) is 4.34. The average Bonchev–Trinajstić information content (AvgIpc) is 2.10. The Morgan fingerprint density at radius 2 is 1.92 bits per heavy atom. The summed E-state index contributed by atoms with van der Waals surface area (Å²) in [5, 5.41) is 0. The zero-order valence-corrected chi connectivity index (χ0v) is 9.65. The van der Waals surface area contributed by atoms with E-state index >= 15 is 0 Å². The summed E-state index contributed by atoms with van der Waals surface area (Å²) in [5.74, 6) is 1.31. The maximum Gasteiger partial charge on any atom is -0.0129 e. The number of hydrogen-bond acceptors (Lipinski definition) is 0. The summed E-state index contributed by atoms with van der Waals surface area (Å²) in [4.78, 5) is 0. The van der Waals surface area contributed by atoms with E-state index in [1.165, 1.54) is 12.0 Å². The van der Waals surface area contributed by atoms with E-state index in [0.29, 0.717) is 11.8 Å². The van der Waals surface area contributed by atoms with Crippen LogP contribution in [0, 0.1) is 11.8 Å². The van der Waals surface area contributed by atoms with E-state index in [2.05, 4.69) is 52.2 Å². The Hall–Kier alpha value is -0.700. The van der Waals surface area contributed by atoms with E-state index in [1.807, 2.05) is 0 Å². The first-order valence-corrected chi connectivity index (χ1v) is 5.26.